The van der Waals surface area contributed by atoms with Crippen molar-refractivity contribution in [3.8, 4) is 0 Å². The summed E-state index contributed by atoms with van der Waals surface area (Å²) < 4.78 is 0. The average molecular weight is 281 g/mol. The molecule has 19 heavy (non-hydrogen) atoms. The summed E-state index contributed by atoms with van der Waals surface area (Å²) >= 11 is 5.87. The summed E-state index contributed by atoms with van der Waals surface area (Å²) in [5, 5.41) is 3.41. The number of rotatable bonds is 3. The standard InChI is InChI=1S/C15H21ClN2O/c1-11-8-13(10-17-15(11)16)18-14(19)9-12-6-4-2-3-5-7-12/h8,10,12H,2-7,9H2,1H3,(H,18,19). The van der Waals surface area contributed by atoms with Crippen LogP contribution in [0.15, 0.2) is 12.3 Å². The Morgan fingerprint density at radius 3 is 2.68 bits per heavy atom. The van der Waals surface area contributed by atoms with Crippen LogP contribution in [0.2, 0.25) is 5.15 Å². The highest BCUT2D eigenvalue weighted by Gasteiger charge is 2.16. The maximum Gasteiger partial charge on any atom is 0.224 e. The fourth-order valence-corrected chi connectivity index (χ4v) is 2.77. The molecule has 1 aromatic heterocycles. The molecule has 1 N–H and O–H groups in total. The second kappa shape index (κ2) is 6.90. The highest BCUT2D eigenvalue weighted by Crippen LogP contribution is 2.26. The zero-order chi connectivity index (χ0) is 13.7. The first kappa shape index (κ1) is 14.3. The fraction of sp³-hybridized carbons (Fsp3) is 0.600. The lowest BCUT2D eigenvalue weighted by Gasteiger charge is -2.13. The Morgan fingerprint density at radius 2 is 2.05 bits per heavy atom. The number of halogens is 1. The molecule has 104 valence electrons. The van der Waals surface area contributed by atoms with E-state index in [9.17, 15) is 4.79 Å². The van der Waals surface area contributed by atoms with Crippen molar-refractivity contribution < 1.29 is 4.79 Å². The van der Waals surface area contributed by atoms with Gasteiger partial charge in [0, 0.05) is 6.42 Å². The van der Waals surface area contributed by atoms with Gasteiger partial charge >= 0.3 is 0 Å². The third-order valence-corrected chi connectivity index (χ3v) is 4.14. The minimum atomic E-state index is 0.0930. The van der Waals surface area contributed by atoms with Crippen molar-refractivity contribution in [2.75, 3.05) is 5.32 Å². The molecule has 0 bridgehead atoms. The maximum absolute atomic E-state index is 12.0. The number of pyridine rings is 1. The van der Waals surface area contributed by atoms with Gasteiger partial charge in [-0.2, -0.15) is 0 Å². The summed E-state index contributed by atoms with van der Waals surface area (Å²) in [6, 6.07) is 1.86. The normalized spacial score (nSPS) is 16.9. The van der Waals surface area contributed by atoms with Gasteiger partial charge in [0.1, 0.15) is 5.15 Å². The van der Waals surface area contributed by atoms with Crippen molar-refractivity contribution in [2.45, 2.75) is 51.9 Å². The van der Waals surface area contributed by atoms with Crippen LogP contribution in [0.1, 0.15) is 50.5 Å². The first-order chi connectivity index (χ1) is 9.15. The molecule has 0 saturated heterocycles. The summed E-state index contributed by atoms with van der Waals surface area (Å²) in [7, 11) is 0. The Labute approximate surface area is 119 Å². The quantitative estimate of drug-likeness (QED) is 0.661. The van der Waals surface area contributed by atoms with Gasteiger partial charge in [-0.05, 0) is 37.3 Å². The third-order valence-electron chi connectivity index (χ3n) is 3.75. The molecule has 1 fully saturated rings. The number of nitrogens with zero attached hydrogens (tertiary/aromatic N) is 1. The number of amides is 1. The summed E-state index contributed by atoms with van der Waals surface area (Å²) in [6.45, 7) is 1.89. The monoisotopic (exact) mass is 280 g/mol. The van der Waals surface area contributed by atoms with Crippen LogP contribution >= 0.6 is 11.6 Å². The Hall–Kier alpha value is -1.09. The molecule has 0 atom stereocenters. The van der Waals surface area contributed by atoms with E-state index < -0.39 is 0 Å². The fourth-order valence-electron chi connectivity index (χ4n) is 2.67. The Morgan fingerprint density at radius 1 is 1.37 bits per heavy atom. The summed E-state index contributed by atoms with van der Waals surface area (Å²) in [6.07, 6.45) is 9.77. The molecule has 1 aliphatic carbocycles. The van der Waals surface area contributed by atoms with Crippen LogP contribution in [0.3, 0.4) is 0 Å². The largest absolute Gasteiger partial charge is 0.325 e. The van der Waals surface area contributed by atoms with E-state index in [1.54, 1.807) is 6.20 Å². The van der Waals surface area contributed by atoms with E-state index in [0.29, 0.717) is 17.5 Å². The molecule has 3 nitrogen and oxygen atoms in total. The van der Waals surface area contributed by atoms with E-state index in [4.69, 9.17) is 11.6 Å². The van der Waals surface area contributed by atoms with Crippen molar-refractivity contribution in [2.24, 2.45) is 5.92 Å². The zero-order valence-corrected chi connectivity index (χ0v) is 12.2. The van der Waals surface area contributed by atoms with Gasteiger partial charge in [0.05, 0.1) is 11.9 Å². The topological polar surface area (TPSA) is 42.0 Å². The minimum absolute atomic E-state index is 0.0930. The smallest absolute Gasteiger partial charge is 0.224 e. The molecule has 1 saturated carbocycles. The van der Waals surface area contributed by atoms with Gasteiger partial charge in [-0.3, -0.25) is 4.79 Å². The van der Waals surface area contributed by atoms with Crippen molar-refractivity contribution >= 4 is 23.2 Å². The first-order valence-electron chi connectivity index (χ1n) is 7.07. The highest BCUT2D eigenvalue weighted by molar-refractivity contribution is 6.30. The molecule has 1 aromatic rings. The van der Waals surface area contributed by atoms with E-state index in [1.165, 1.54) is 38.5 Å². The molecule has 0 spiro atoms. The minimum Gasteiger partial charge on any atom is -0.325 e. The summed E-state index contributed by atoms with van der Waals surface area (Å²) in [5.41, 5.74) is 1.62. The molecule has 0 radical (unpaired) electrons. The number of hydrogen-bond donors (Lipinski definition) is 1. The average Bonchev–Trinajstić information content (AvgIpc) is 2.62. The second-order valence-electron chi connectivity index (χ2n) is 5.44. The van der Waals surface area contributed by atoms with Crippen molar-refractivity contribution in [1.29, 1.82) is 0 Å². The molecule has 4 heteroatoms. The lowest BCUT2D eigenvalue weighted by atomic mass is 9.96. The number of hydrogen-bond acceptors (Lipinski definition) is 2. The van der Waals surface area contributed by atoms with Gasteiger partial charge in [-0.1, -0.05) is 37.3 Å². The summed E-state index contributed by atoms with van der Waals surface area (Å²) in [5.74, 6) is 0.638. The molecule has 0 aromatic carbocycles. The van der Waals surface area contributed by atoms with E-state index in [1.807, 2.05) is 13.0 Å². The highest BCUT2D eigenvalue weighted by atomic mass is 35.5. The van der Waals surface area contributed by atoms with E-state index in [2.05, 4.69) is 10.3 Å². The van der Waals surface area contributed by atoms with Gasteiger partial charge in [0.25, 0.3) is 0 Å². The molecule has 0 aliphatic heterocycles. The van der Waals surface area contributed by atoms with Crippen LogP contribution in [0.25, 0.3) is 0 Å². The Bertz CT molecular complexity index is 440. The number of carbonyl (C=O) groups is 1. The lowest BCUT2D eigenvalue weighted by molar-refractivity contribution is -0.117. The molecule has 1 amide bonds. The van der Waals surface area contributed by atoms with Crippen LogP contribution < -0.4 is 5.32 Å². The van der Waals surface area contributed by atoms with Gasteiger partial charge < -0.3 is 5.32 Å². The van der Waals surface area contributed by atoms with Crippen LogP contribution in [-0.4, -0.2) is 10.9 Å². The molecule has 1 heterocycles. The van der Waals surface area contributed by atoms with Gasteiger partial charge in [0.15, 0.2) is 0 Å². The van der Waals surface area contributed by atoms with Crippen molar-refractivity contribution in [1.82, 2.24) is 4.98 Å². The number of aromatic nitrogens is 1. The van der Waals surface area contributed by atoms with Gasteiger partial charge in [0.2, 0.25) is 5.91 Å². The number of aryl methyl sites for hydroxylation is 1. The molecule has 2 rings (SSSR count). The van der Waals surface area contributed by atoms with Crippen molar-refractivity contribution in [3.63, 3.8) is 0 Å². The lowest BCUT2D eigenvalue weighted by Crippen LogP contribution is -2.16. The summed E-state index contributed by atoms with van der Waals surface area (Å²) in [4.78, 5) is 16.1. The maximum atomic E-state index is 12.0. The van der Waals surface area contributed by atoms with E-state index in [-0.39, 0.29) is 5.91 Å². The first-order valence-corrected chi connectivity index (χ1v) is 7.45. The number of nitrogens with one attached hydrogen (secondary N) is 1. The number of carbonyl (C=O) groups excluding carboxylic acids is 1. The second-order valence-corrected chi connectivity index (χ2v) is 5.80. The SMILES string of the molecule is Cc1cc(NC(=O)CC2CCCCCC2)cnc1Cl. The van der Waals surface area contributed by atoms with Gasteiger partial charge in [-0.15, -0.1) is 0 Å². The van der Waals surface area contributed by atoms with Crippen LogP contribution in [-0.2, 0) is 4.79 Å². The molecular formula is C15H21ClN2O. The van der Waals surface area contributed by atoms with E-state index >= 15 is 0 Å². The molecule has 0 unspecified atom stereocenters. The predicted molar refractivity (Wildman–Crippen MR) is 78.4 cm³/mol. The molecule has 1 aliphatic rings. The van der Waals surface area contributed by atoms with Crippen LogP contribution in [0, 0.1) is 12.8 Å². The molecular weight excluding hydrogens is 260 g/mol. The third kappa shape index (κ3) is 4.50. The van der Waals surface area contributed by atoms with Crippen LogP contribution in [0.5, 0.6) is 0 Å². The Balaban J connectivity index is 1.87. The van der Waals surface area contributed by atoms with Gasteiger partial charge in [-0.25, -0.2) is 4.98 Å². The Kier molecular flexibility index (Phi) is 5.20. The predicted octanol–water partition coefficient (Wildman–Crippen LogP) is 4.34. The zero-order valence-electron chi connectivity index (χ0n) is 11.4. The van der Waals surface area contributed by atoms with E-state index in [0.717, 1.165) is 11.3 Å². The van der Waals surface area contributed by atoms with Crippen molar-refractivity contribution in [3.05, 3.63) is 23.0 Å². The number of anilines is 1. The van der Waals surface area contributed by atoms with Crippen LogP contribution in [0.4, 0.5) is 5.69 Å².